The summed E-state index contributed by atoms with van der Waals surface area (Å²) in [6.07, 6.45) is 3.32. The molecule has 4 rings (SSSR count). The van der Waals surface area contributed by atoms with E-state index in [4.69, 9.17) is 4.74 Å². The van der Waals surface area contributed by atoms with E-state index in [1.54, 1.807) is 12.0 Å². The van der Waals surface area contributed by atoms with Gasteiger partial charge in [-0.3, -0.25) is 9.59 Å². The molecule has 2 aromatic rings. The van der Waals surface area contributed by atoms with Gasteiger partial charge in [-0.25, -0.2) is 0 Å². The lowest BCUT2D eigenvalue weighted by molar-refractivity contribution is -0.147. The van der Waals surface area contributed by atoms with Crippen LogP contribution in [0, 0.1) is 17.3 Å². The normalized spacial score (nSPS) is 24.7. The molecular formula is C27H34N2O3. The number of piperidine rings is 1. The molecule has 0 bridgehead atoms. The summed E-state index contributed by atoms with van der Waals surface area (Å²) in [4.78, 5) is 30.0. The van der Waals surface area contributed by atoms with Crippen LogP contribution in [-0.4, -0.2) is 55.9 Å². The Morgan fingerprint density at radius 2 is 1.66 bits per heavy atom. The third-order valence-corrected chi connectivity index (χ3v) is 7.09. The number of hydrogen-bond acceptors (Lipinski definition) is 3. The Morgan fingerprint density at radius 1 is 1.06 bits per heavy atom. The van der Waals surface area contributed by atoms with Gasteiger partial charge in [-0.05, 0) is 60.4 Å². The van der Waals surface area contributed by atoms with Crippen LogP contribution in [0.3, 0.4) is 0 Å². The smallest absolute Gasteiger partial charge is 0.230 e. The quantitative estimate of drug-likeness (QED) is 0.683. The first kappa shape index (κ1) is 22.4. The molecule has 170 valence electrons. The predicted octanol–water partition coefficient (Wildman–Crippen LogP) is 4.26. The number of amides is 2. The number of methoxy groups -OCH3 is 1. The largest absolute Gasteiger partial charge is 0.497 e. The predicted molar refractivity (Wildman–Crippen MR) is 126 cm³/mol. The van der Waals surface area contributed by atoms with Crippen molar-refractivity contribution < 1.29 is 14.3 Å². The number of nitrogens with zero attached hydrogens (tertiary/aromatic N) is 2. The first-order valence-electron chi connectivity index (χ1n) is 11.6. The molecular weight excluding hydrogens is 400 g/mol. The lowest BCUT2D eigenvalue weighted by Crippen LogP contribution is -2.54. The number of carbonyl (C=O) groups is 2. The summed E-state index contributed by atoms with van der Waals surface area (Å²) in [6, 6.07) is 16.5. The van der Waals surface area contributed by atoms with Crippen molar-refractivity contribution >= 4 is 11.8 Å². The van der Waals surface area contributed by atoms with Crippen molar-refractivity contribution in [1.29, 1.82) is 0 Å². The zero-order valence-corrected chi connectivity index (χ0v) is 19.6. The Bertz CT molecular complexity index is 967. The lowest BCUT2D eigenvalue weighted by Gasteiger charge is -2.43. The van der Waals surface area contributed by atoms with Crippen molar-refractivity contribution in [2.24, 2.45) is 17.3 Å². The lowest BCUT2D eigenvalue weighted by atomic mass is 9.73. The van der Waals surface area contributed by atoms with E-state index in [9.17, 15) is 9.59 Å². The summed E-state index contributed by atoms with van der Waals surface area (Å²) in [7, 11) is 5.31. The fourth-order valence-electron chi connectivity index (χ4n) is 5.08. The van der Waals surface area contributed by atoms with E-state index in [2.05, 4.69) is 31.2 Å². The number of hydrogen-bond donors (Lipinski definition) is 0. The second kappa shape index (κ2) is 8.97. The van der Waals surface area contributed by atoms with Gasteiger partial charge in [-0.2, -0.15) is 0 Å². The van der Waals surface area contributed by atoms with Gasteiger partial charge in [0.1, 0.15) is 5.75 Å². The summed E-state index contributed by atoms with van der Waals surface area (Å²) in [5.41, 5.74) is 2.83. The Hall–Kier alpha value is -2.82. The van der Waals surface area contributed by atoms with Gasteiger partial charge >= 0.3 is 0 Å². The van der Waals surface area contributed by atoms with Crippen LogP contribution >= 0.6 is 0 Å². The molecule has 0 spiro atoms. The summed E-state index contributed by atoms with van der Waals surface area (Å²) in [5.74, 6) is 1.84. The SMILES string of the molecule is COc1ccc(-c2ccc(C[C@]3(C(=O)N(C)C)CCCN(C(=O)[C@@H]4C[C@H]4C)C3)cc2)cc1. The molecule has 0 aromatic heterocycles. The summed E-state index contributed by atoms with van der Waals surface area (Å²) in [5, 5.41) is 0. The van der Waals surface area contributed by atoms with E-state index in [-0.39, 0.29) is 17.7 Å². The van der Waals surface area contributed by atoms with Crippen molar-refractivity contribution in [1.82, 2.24) is 9.80 Å². The number of benzene rings is 2. The van der Waals surface area contributed by atoms with Crippen molar-refractivity contribution in [2.45, 2.75) is 32.6 Å². The Morgan fingerprint density at radius 3 is 2.19 bits per heavy atom. The first-order valence-corrected chi connectivity index (χ1v) is 11.6. The average molecular weight is 435 g/mol. The van der Waals surface area contributed by atoms with Gasteiger partial charge in [0.15, 0.2) is 0 Å². The van der Waals surface area contributed by atoms with Crippen molar-refractivity contribution in [2.75, 3.05) is 34.3 Å². The molecule has 0 N–H and O–H groups in total. The van der Waals surface area contributed by atoms with E-state index in [1.807, 2.05) is 43.3 Å². The minimum absolute atomic E-state index is 0.123. The number of carbonyl (C=O) groups excluding carboxylic acids is 2. The molecule has 2 amide bonds. The van der Waals surface area contributed by atoms with Crippen LogP contribution in [0.5, 0.6) is 5.75 Å². The Balaban J connectivity index is 1.54. The van der Waals surface area contributed by atoms with Gasteiger partial charge in [-0.1, -0.05) is 43.3 Å². The van der Waals surface area contributed by atoms with E-state index in [0.29, 0.717) is 18.9 Å². The number of ether oxygens (including phenoxy) is 1. The average Bonchev–Trinajstić information content (AvgIpc) is 3.55. The molecule has 0 unspecified atom stereocenters. The van der Waals surface area contributed by atoms with Gasteiger partial charge < -0.3 is 14.5 Å². The fourth-order valence-corrected chi connectivity index (χ4v) is 5.08. The van der Waals surface area contributed by atoms with Gasteiger partial charge in [-0.15, -0.1) is 0 Å². The molecule has 1 aliphatic carbocycles. The number of rotatable bonds is 6. The van der Waals surface area contributed by atoms with Crippen molar-refractivity contribution in [3.63, 3.8) is 0 Å². The van der Waals surface area contributed by atoms with Crippen LogP contribution in [-0.2, 0) is 16.0 Å². The maximum absolute atomic E-state index is 13.4. The van der Waals surface area contributed by atoms with Crippen LogP contribution in [0.1, 0.15) is 31.7 Å². The van der Waals surface area contributed by atoms with Crippen LogP contribution in [0.2, 0.25) is 0 Å². The van der Waals surface area contributed by atoms with Gasteiger partial charge in [0.2, 0.25) is 11.8 Å². The highest BCUT2D eigenvalue weighted by Gasteiger charge is 2.48. The van der Waals surface area contributed by atoms with Crippen molar-refractivity contribution in [3.8, 4) is 16.9 Å². The van der Waals surface area contributed by atoms with E-state index in [0.717, 1.165) is 48.2 Å². The zero-order valence-electron chi connectivity index (χ0n) is 19.6. The molecule has 2 fully saturated rings. The van der Waals surface area contributed by atoms with E-state index >= 15 is 0 Å². The molecule has 2 aliphatic rings. The summed E-state index contributed by atoms with van der Waals surface area (Å²) >= 11 is 0. The van der Waals surface area contributed by atoms with Gasteiger partial charge in [0.05, 0.1) is 12.5 Å². The molecule has 3 atom stereocenters. The molecule has 32 heavy (non-hydrogen) atoms. The maximum atomic E-state index is 13.4. The third-order valence-electron chi connectivity index (χ3n) is 7.09. The standard InChI is InChI=1S/C27H34N2O3/c1-19-16-24(19)25(30)29-15-5-14-27(18-29,26(31)28(2)3)17-20-6-8-21(9-7-20)22-10-12-23(32-4)13-11-22/h6-13,19,24H,5,14-18H2,1-4H3/t19-,24-,27-/m1/s1. The van der Waals surface area contributed by atoms with Crippen LogP contribution in [0.4, 0.5) is 0 Å². The Labute approximate surface area is 191 Å². The molecule has 1 saturated carbocycles. The van der Waals surface area contributed by atoms with Crippen molar-refractivity contribution in [3.05, 3.63) is 54.1 Å². The summed E-state index contributed by atoms with van der Waals surface area (Å²) < 4.78 is 5.25. The second-order valence-corrected chi connectivity index (χ2v) is 9.76. The maximum Gasteiger partial charge on any atom is 0.230 e. The van der Waals surface area contributed by atoms with Gasteiger partial charge in [0, 0.05) is 33.1 Å². The fraction of sp³-hybridized carbons (Fsp3) is 0.481. The molecule has 0 radical (unpaired) electrons. The zero-order chi connectivity index (χ0) is 22.9. The van der Waals surface area contributed by atoms with E-state index < -0.39 is 5.41 Å². The molecule has 2 aromatic carbocycles. The molecule has 1 aliphatic heterocycles. The second-order valence-electron chi connectivity index (χ2n) is 9.76. The molecule has 1 saturated heterocycles. The molecule has 5 nitrogen and oxygen atoms in total. The minimum Gasteiger partial charge on any atom is -0.497 e. The van der Waals surface area contributed by atoms with Crippen LogP contribution < -0.4 is 4.74 Å². The minimum atomic E-state index is -0.558. The monoisotopic (exact) mass is 434 g/mol. The van der Waals surface area contributed by atoms with Gasteiger partial charge in [0.25, 0.3) is 0 Å². The highest BCUT2D eigenvalue weighted by Crippen LogP contribution is 2.42. The Kier molecular flexibility index (Phi) is 6.27. The molecule has 1 heterocycles. The van der Waals surface area contributed by atoms with Crippen LogP contribution in [0.15, 0.2) is 48.5 Å². The molecule has 5 heteroatoms. The topological polar surface area (TPSA) is 49.9 Å². The first-order chi connectivity index (χ1) is 15.3. The van der Waals surface area contributed by atoms with Crippen LogP contribution in [0.25, 0.3) is 11.1 Å². The highest BCUT2D eigenvalue weighted by molar-refractivity contribution is 5.86. The highest BCUT2D eigenvalue weighted by atomic mass is 16.5. The number of likely N-dealkylation sites (tertiary alicyclic amines) is 1. The summed E-state index contributed by atoms with van der Waals surface area (Å²) in [6.45, 7) is 3.42. The van der Waals surface area contributed by atoms with E-state index in [1.165, 1.54) is 0 Å². The third kappa shape index (κ3) is 4.52.